The van der Waals surface area contributed by atoms with Crippen molar-refractivity contribution in [3.05, 3.63) is 23.8 Å². The topological polar surface area (TPSA) is 59.6 Å². The lowest BCUT2D eigenvalue weighted by Gasteiger charge is -2.20. The Labute approximate surface area is 120 Å². The summed E-state index contributed by atoms with van der Waals surface area (Å²) >= 11 is 0. The smallest absolute Gasteiger partial charge is 0.315 e. The van der Waals surface area contributed by atoms with E-state index >= 15 is 0 Å². The molecule has 0 bridgehead atoms. The largest absolute Gasteiger partial charge is 0.497 e. The van der Waals surface area contributed by atoms with E-state index in [0.717, 1.165) is 23.5 Å². The zero-order valence-corrected chi connectivity index (χ0v) is 12.8. The Morgan fingerprint density at radius 2 is 1.90 bits per heavy atom. The summed E-state index contributed by atoms with van der Waals surface area (Å²) in [5.74, 6) is 1.46. The first-order chi connectivity index (χ1) is 9.51. The highest BCUT2D eigenvalue weighted by Crippen LogP contribution is 2.29. The minimum absolute atomic E-state index is 0.148. The molecule has 5 heteroatoms. The molecular formula is C15H24N2O3. The van der Waals surface area contributed by atoms with Gasteiger partial charge in [-0.2, -0.15) is 0 Å². The summed E-state index contributed by atoms with van der Waals surface area (Å²) in [6.07, 6.45) is 0.893. The van der Waals surface area contributed by atoms with Crippen LogP contribution in [0.1, 0.15) is 38.8 Å². The van der Waals surface area contributed by atoms with Crippen LogP contribution in [0.3, 0.4) is 0 Å². The highest BCUT2D eigenvalue weighted by Gasteiger charge is 2.15. The molecule has 5 nitrogen and oxygen atoms in total. The fourth-order valence-electron chi connectivity index (χ4n) is 1.82. The maximum atomic E-state index is 11.9. The summed E-state index contributed by atoms with van der Waals surface area (Å²) in [4.78, 5) is 11.9. The molecule has 0 saturated carbocycles. The Hall–Kier alpha value is -1.91. The second-order valence-electron chi connectivity index (χ2n) is 4.76. The van der Waals surface area contributed by atoms with Crippen molar-refractivity contribution in [1.29, 1.82) is 0 Å². The summed E-state index contributed by atoms with van der Waals surface area (Å²) in [5, 5.41) is 5.78. The van der Waals surface area contributed by atoms with Crippen molar-refractivity contribution in [2.24, 2.45) is 0 Å². The van der Waals surface area contributed by atoms with Gasteiger partial charge in [0.2, 0.25) is 0 Å². The van der Waals surface area contributed by atoms with Crippen molar-refractivity contribution in [2.75, 3.05) is 14.2 Å². The predicted molar refractivity (Wildman–Crippen MR) is 79.4 cm³/mol. The van der Waals surface area contributed by atoms with Crippen LogP contribution in [-0.2, 0) is 0 Å². The normalized spacial score (nSPS) is 13.2. The first kappa shape index (κ1) is 16.1. The Morgan fingerprint density at radius 3 is 2.45 bits per heavy atom. The molecule has 0 spiro atoms. The number of urea groups is 1. The van der Waals surface area contributed by atoms with Crippen molar-refractivity contribution < 1.29 is 14.3 Å². The van der Waals surface area contributed by atoms with Gasteiger partial charge in [-0.1, -0.05) is 6.92 Å². The van der Waals surface area contributed by atoms with Gasteiger partial charge in [-0.05, 0) is 38.5 Å². The average molecular weight is 280 g/mol. The predicted octanol–water partition coefficient (Wildman–Crippen LogP) is 2.86. The van der Waals surface area contributed by atoms with Gasteiger partial charge in [-0.25, -0.2) is 4.79 Å². The number of carbonyl (C=O) groups excluding carboxylic acids is 1. The molecular weight excluding hydrogens is 256 g/mol. The standard InChI is InChI=1S/C15H24N2O3/c1-6-10(2)16-15(18)17-11(3)13-9-12(19-4)7-8-14(13)20-5/h7-11H,6H2,1-5H3,(H2,16,17,18)/t10-,11+/m1/s1. The van der Waals surface area contributed by atoms with E-state index in [1.165, 1.54) is 0 Å². The minimum Gasteiger partial charge on any atom is -0.497 e. The number of nitrogens with one attached hydrogen (secondary N) is 2. The third kappa shape index (κ3) is 4.33. The summed E-state index contributed by atoms with van der Waals surface area (Å²) in [5.41, 5.74) is 0.881. The van der Waals surface area contributed by atoms with Crippen LogP contribution in [0.25, 0.3) is 0 Å². The molecule has 0 heterocycles. The van der Waals surface area contributed by atoms with Crippen molar-refractivity contribution in [1.82, 2.24) is 10.6 Å². The number of methoxy groups -OCH3 is 2. The van der Waals surface area contributed by atoms with Crippen LogP contribution in [0.4, 0.5) is 4.79 Å². The van der Waals surface area contributed by atoms with Crippen LogP contribution in [0.15, 0.2) is 18.2 Å². The lowest BCUT2D eigenvalue weighted by atomic mass is 10.1. The van der Waals surface area contributed by atoms with Crippen LogP contribution in [0, 0.1) is 0 Å². The molecule has 0 fully saturated rings. The van der Waals surface area contributed by atoms with E-state index in [1.54, 1.807) is 14.2 Å². The Balaban J connectivity index is 2.80. The van der Waals surface area contributed by atoms with Gasteiger partial charge in [0.05, 0.1) is 20.3 Å². The van der Waals surface area contributed by atoms with Crippen LogP contribution in [0.2, 0.25) is 0 Å². The van der Waals surface area contributed by atoms with Crippen molar-refractivity contribution >= 4 is 6.03 Å². The third-order valence-electron chi connectivity index (χ3n) is 3.24. The Bertz CT molecular complexity index is 449. The van der Waals surface area contributed by atoms with Gasteiger partial charge < -0.3 is 20.1 Å². The van der Waals surface area contributed by atoms with Crippen LogP contribution in [0.5, 0.6) is 11.5 Å². The van der Waals surface area contributed by atoms with Gasteiger partial charge in [0.15, 0.2) is 0 Å². The number of hydrogen-bond donors (Lipinski definition) is 2. The van der Waals surface area contributed by atoms with E-state index in [-0.39, 0.29) is 18.1 Å². The Kier molecular flexibility index (Phi) is 6.15. The van der Waals surface area contributed by atoms with E-state index in [4.69, 9.17) is 9.47 Å². The van der Waals surface area contributed by atoms with E-state index < -0.39 is 0 Å². The number of benzene rings is 1. The molecule has 20 heavy (non-hydrogen) atoms. The second-order valence-corrected chi connectivity index (χ2v) is 4.76. The molecule has 0 aliphatic heterocycles. The van der Waals surface area contributed by atoms with Gasteiger partial charge in [-0.15, -0.1) is 0 Å². The highest BCUT2D eigenvalue weighted by molar-refractivity contribution is 5.74. The zero-order chi connectivity index (χ0) is 15.1. The zero-order valence-electron chi connectivity index (χ0n) is 12.8. The third-order valence-corrected chi connectivity index (χ3v) is 3.24. The first-order valence-corrected chi connectivity index (χ1v) is 6.80. The molecule has 0 unspecified atom stereocenters. The molecule has 0 saturated heterocycles. The number of amides is 2. The lowest BCUT2D eigenvalue weighted by molar-refractivity contribution is 0.234. The van der Waals surface area contributed by atoms with E-state index in [2.05, 4.69) is 10.6 Å². The summed E-state index contributed by atoms with van der Waals surface area (Å²) in [7, 11) is 3.22. The number of rotatable bonds is 6. The fourth-order valence-corrected chi connectivity index (χ4v) is 1.82. The maximum Gasteiger partial charge on any atom is 0.315 e. The van der Waals surface area contributed by atoms with Gasteiger partial charge in [0.1, 0.15) is 11.5 Å². The van der Waals surface area contributed by atoms with Crippen LogP contribution < -0.4 is 20.1 Å². The molecule has 0 aromatic heterocycles. The number of hydrogen-bond acceptors (Lipinski definition) is 3. The molecule has 2 atom stereocenters. The van der Waals surface area contributed by atoms with Gasteiger partial charge >= 0.3 is 6.03 Å². The summed E-state index contributed by atoms with van der Waals surface area (Å²) in [6.45, 7) is 5.91. The Morgan fingerprint density at radius 1 is 1.20 bits per heavy atom. The molecule has 2 amide bonds. The van der Waals surface area contributed by atoms with Crippen LogP contribution >= 0.6 is 0 Å². The fraction of sp³-hybridized carbons (Fsp3) is 0.533. The number of ether oxygens (including phenoxy) is 2. The molecule has 0 radical (unpaired) electrons. The first-order valence-electron chi connectivity index (χ1n) is 6.80. The van der Waals surface area contributed by atoms with Gasteiger partial charge in [-0.3, -0.25) is 0 Å². The lowest BCUT2D eigenvalue weighted by Crippen LogP contribution is -2.41. The molecule has 2 N–H and O–H groups in total. The van der Waals surface area contributed by atoms with E-state index in [0.29, 0.717) is 0 Å². The molecule has 1 aromatic rings. The van der Waals surface area contributed by atoms with Gasteiger partial charge in [0, 0.05) is 11.6 Å². The van der Waals surface area contributed by atoms with Crippen molar-refractivity contribution in [3.63, 3.8) is 0 Å². The van der Waals surface area contributed by atoms with E-state index in [1.807, 2.05) is 39.0 Å². The molecule has 1 aromatic carbocycles. The van der Waals surface area contributed by atoms with Crippen molar-refractivity contribution in [3.8, 4) is 11.5 Å². The summed E-state index contributed by atoms with van der Waals surface area (Å²) in [6, 6.07) is 5.32. The minimum atomic E-state index is -0.184. The quantitative estimate of drug-likeness (QED) is 0.842. The monoisotopic (exact) mass is 280 g/mol. The number of carbonyl (C=O) groups is 1. The highest BCUT2D eigenvalue weighted by atomic mass is 16.5. The molecule has 0 aliphatic carbocycles. The second kappa shape index (κ2) is 7.62. The average Bonchev–Trinajstić information content (AvgIpc) is 2.45. The maximum absolute atomic E-state index is 11.9. The molecule has 112 valence electrons. The summed E-state index contributed by atoms with van der Waals surface area (Å²) < 4.78 is 10.5. The van der Waals surface area contributed by atoms with Gasteiger partial charge in [0.25, 0.3) is 0 Å². The molecule has 1 rings (SSSR count). The SMILES string of the molecule is CC[C@@H](C)NC(=O)N[C@@H](C)c1cc(OC)ccc1OC. The van der Waals surface area contributed by atoms with E-state index in [9.17, 15) is 4.79 Å². The van der Waals surface area contributed by atoms with Crippen LogP contribution in [-0.4, -0.2) is 26.3 Å². The molecule has 0 aliphatic rings. The van der Waals surface area contributed by atoms with Crippen molar-refractivity contribution in [2.45, 2.75) is 39.3 Å².